The molecule has 1 aromatic heterocycles. The summed E-state index contributed by atoms with van der Waals surface area (Å²) in [4.78, 5) is 3.24. The van der Waals surface area contributed by atoms with Crippen molar-refractivity contribution < 1.29 is 4.74 Å². The van der Waals surface area contributed by atoms with Gasteiger partial charge >= 0.3 is 0 Å². The van der Waals surface area contributed by atoms with Crippen molar-refractivity contribution in [2.45, 2.75) is 33.2 Å². The maximum absolute atomic E-state index is 6.08. The Morgan fingerprint density at radius 3 is 2.74 bits per heavy atom. The summed E-state index contributed by atoms with van der Waals surface area (Å²) in [7, 11) is 0. The number of para-hydroxylation sites is 2. The van der Waals surface area contributed by atoms with Gasteiger partial charge in [-0.3, -0.25) is 0 Å². The third-order valence-corrected chi connectivity index (χ3v) is 4.37. The summed E-state index contributed by atoms with van der Waals surface area (Å²) in [6.45, 7) is 7.79. The number of nitrogens with one attached hydrogen (secondary N) is 1. The van der Waals surface area contributed by atoms with Gasteiger partial charge in [0, 0.05) is 0 Å². The van der Waals surface area contributed by atoms with Crippen molar-refractivity contribution in [2.24, 2.45) is 0 Å². The highest BCUT2D eigenvalue weighted by Gasteiger charge is 2.09. The molecule has 3 aromatic rings. The molecule has 3 rings (SSSR count). The van der Waals surface area contributed by atoms with Crippen molar-refractivity contribution >= 4 is 23.3 Å². The normalized spacial score (nSPS) is 11.3. The zero-order chi connectivity index (χ0) is 16.4. The third kappa shape index (κ3) is 3.32. The first-order valence-electron chi connectivity index (χ1n) is 7.97. The Bertz CT molecular complexity index is 876. The Morgan fingerprint density at radius 1 is 1.17 bits per heavy atom. The number of aryl methyl sites for hydroxylation is 1. The zero-order valence-electron chi connectivity index (χ0n) is 13.8. The van der Waals surface area contributed by atoms with E-state index >= 15 is 0 Å². The number of aromatic nitrogens is 2. The van der Waals surface area contributed by atoms with Gasteiger partial charge in [0.05, 0.1) is 17.6 Å². The van der Waals surface area contributed by atoms with E-state index in [1.54, 1.807) is 0 Å². The highest BCUT2D eigenvalue weighted by atomic mass is 32.1. The van der Waals surface area contributed by atoms with Gasteiger partial charge in [0.15, 0.2) is 4.77 Å². The van der Waals surface area contributed by atoms with Gasteiger partial charge in [-0.15, -0.1) is 0 Å². The van der Waals surface area contributed by atoms with Crippen molar-refractivity contribution in [1.29, 1.82) is 0 Å². The maximum atomic E-state index is 6.08. The molecule has 0 aliphatic carbocycles. The fraction of sp³-hybridized carbons (Fsp3) is 0.316. The number of H-pyrrole nitrogens is 1. The topological polar surface area (TPSA) is 29.9 Å². The van der Waals surface area contributed by atoms with E-state index in [0.29, 0.717) is 12.5 Å². The van der Waals surface area contributed by atoms with Gasteiger partial charge in [-0.2, -0.15) is 0 Å². The molecule has 0 saturated heterocycles. The first-order valence-corrected chi connectivity index (χ1v) is 8.38. The van der Waals surface area contributed by atoms with Gasteiger partial charge in [0.2, 0.25) is 0 Å². The Balaban J connectivity index is 1.78. The van der Waals surface area contributed by atoms with Crippen LogP contribution in [0, 0.1) is 11.7 Å². The van der Waals surface area contributed by atoms with Crippen molar-refractivity contribution in [3.63, 3.8) is 0 Å². The molecule has 0 radical (unpaired) electrons. The smallest absolute Gasteiger partial charge is 0.178 e. The summed E-state index contributed by atoms with van der Waals surface area (Å²) in [6.07, 6.45) is 0. The predicted molar refractivity (Wildman–Crippen MR) is 97.9 cm³/mol. The van der Waals surface area contributed by atoms with Crippen LogP contribution in [-0.4, -0.2) is 16.2 Å². The van der Waals surface area contributed by atoms with Crippen molar-refractivity contribution in [1.82, 2.24) is 9.55 Å². The van der Waals surface area contributed by atoms with E-state index in [1.165, 1.54) is 11.1 Å². The van der Waals surface area contributed by atoms with Gasteiger partial charge in [0.25, 0.3) is 0 Å². The van der Waals surface area contributed by atoms with Crippen LogP contribution in [0.5, 0.6) is 5.75 Å². The molecule has 0 aliphatic rings. The first-order chi connectivity index (χ1) is 11.1. The number of benzene rings is 2. The Labute approximate surface area is 141 Å². The number of rotatable bonds is 5. The third-order valence-electron chi connectivity index (χ3n) is 4.05. The largest absolute Gasteiger partial charge is 0.491 e. The second kappa shape index (κ2) is 6.59. The van der Waals surface area contributed by atoms with Crippen LogP contribution < -0.4 is 4.74 Å². The molecule has 0 spiro atoms. The highest BCUT2D eigenvalue weighted by molar-refractivity contribution is 7.71. The van der Waals surface area contributed by atoms with E-state index in [9.17, 15) is 0 Å². The minimum absolute atomic E-state index is 0.445. The minimum Gasteiger partial charge on any atom is -0.491 e. The Morgan fingerprint density at radius 2 is 1.96 bits per heavy atom. The summed E-state index contributed by atoms with van der Waals surface area (Å²) >= 11 is 5.42. The fourth-order valence-electron chi connectivity index (χ4n) is 2.82. The molecule has 0 bridgehead atoms. The average molecular weight is 326 g/mol. The zero-order valence-corrected chi connectivity index (χ0v) is 14.6. The molecule has 0 saturated carbocycles. The SMILES string of the molecule is Cc1ccc(C(C)C)c(OCCn2c(=S)[nH]c3ccccc32)c1. The van der Waals surface area contributed by atoms with E-state index in [2.05, 4.69) is 54.6 Å². The summed E-state index contributed by atoms with van der Waals surface area (Å²) in [6, 6.07) is 14.6. The van der Waals surface area contributed by atoms with Crippen LogP contribution in [0.1, 0.15) is 30.9 Å². The van der Waals surface area contributed by atoms with Crippen LogP contribution in [0.15, 0.2) is 42.5 Å². The lowest BCUT2D eigenvalue weighted by Crippen LogP contribution is -2.09. The molecule has 1 heterocycles. The number of nitrogens with zero attached hydrogens (tertiary/aromatic N) is 1. The molecule has 3 nitrogen and oxygen atoms in total. The summed E-state index contributed by atoms with van der Waals surface area (Å²) in [5.41, 5.74) is 4.65. The van der Waals surface area contributed by atoms with Crippen LogP contribution in [0.4, 0.5) is 0 Å². The van der Waals surface area contributed by atoms with Crippen LogP contribution in [0.3, 0.4) is 0 Å². The highest BCUT2D eigenvalue weighted by Crippen LogP contribution is 2.27. The first kappa shape index (κ1) is 15.8. The molecule has 0 unspecified atom stereocenters. The summed E-state index contributed by atoms with van der Waals surface area (Å²) < 4.78 is 8.91. The van der Waals surface area contributed by atoms with Gasteiger partial charge < -0.3 is 14.3 Å². The van der Waals surface area contributed by atoms with Crippen LogP contribution in [-0.2, 0) is 6.54 Å². The molecule has 1 N–H and O–H groups in total. The number of hydrogen-bond donors (Lipinski definition) is 1. The van der Waals surface area contributed by atoms with Gasteiger partial charge in [0.1, 0.15) is 12.4 Å². The van der Waals surface area contributed by atoms with Crippen LogP contribution in [0.2, 0.25) is 0 Å². The second-order valence-electron chi connectivity index (χ2n) is 6.14. The Hall–Kier alpha value is -2.07. The average Bonchev–Trinajstić information content (AvgIpc) is 2.83. The molecule has 2 aromatic carbocycles. The molecule has 0 fully saturated rings. The number of ether oxygens (including phenoxy) is 1. The number of imidazole rings is 1. The van der Waals surface area contributed by atoms with Crippen LogP contribution >= 0.6 is 12.2 Å². The second-order valence-corrected chi connectivity index (χ2v) is 6.53. The lowest BCUT2D eigenvalue weighted by molar-refractivity contribution is 0.295. The molecule has 0 amide bonds. The van der Waals surface area contributed by atoms with E-state index in [4.69, 9.17) is 17.0 Å². The lowest BCUT2D eigenvalue weighted by atomic mass is 10.0. The standard InChI is InChI=1S/C19H22N2OS/c1-13(2)15-9-8-14(3)12-18(15)22-11-10-21-17-7-5-4-6-16(17)20-19(21)23/h4-9,12-13H,10-11H2,1-3H3,(H,20,23). The van der Waals surface area contributed by atoms with Crippen molar-refractivity contribution in [3.05, 3.63) is 58.4 Å². The fourth-order valence-corrected chi connectivity index (χ4v) is 3.12. The predicted octanol–water partition coefficient (Wildman–Crippen LogP) is 5.21. The van der Waals surface area contributed by atoms with E-state index in [0.717, 1.165) is 28.1 Å². The van der Waals surface area contributed by atoms with E-state index in [-0.39, 0.29) is 0 Å². The van der Waals surface area contributed by atoms with Gasteiger partial charge in [-0.25, -0.2) is 0 Å². The van der Waals surface area contributed by atoms with Gasteiger partial charge in [-0.05, 0) is 54.4 Å². The minimum atomic E-state index is 0.445. The maximum Gasteiger partial charge on any atom is 0.178 e. The number of aromatic amines is 1. The molecule has 0 aliphatic heterocycles. The lowest BCUT2D eigenvalue weighted by Gasteiger charge is -2.15. The van der Waals surface area contributed by atoms with Crippen LogP contribution in [0.25, 0.3) is 11.0 Å². The quantitative estimate of drug-likeness (QED) is 0.652. The van der Waals surface area contributed by atoms with E-state index < -0.39 is 0 Å². The van der Waals surface area contributed by atoms with Crippen molar-refractivity contribution in [3.8, 4) is 5.75 Å². The summed E-state index contributed by atoms with van der Waals surface area (Å²) in [5, 5.41) is 0. The monoisotopic (exact) mass is 326 g/mol. The number of hydrogen-bond acceptors (Lipinski definition) is 2. The molecule has 0 atom stereocenters. The molecular formula is C19H22N2OS. The van der Waals surface area contributed by atoms with Gasteiger partial charge in [-0.1, -0.05) is 38.1 Å². The van der Waals surface area contributed by atoms with E-state index in [1.807, 2.05) is 18.2 Å². The molecule has 4 heteroatoms. The molecule has 23 heavy (non-hydrogen) atoms. The molecular weight excluding hydrogens is 304 g/mol. The summed E-state index contributed by atoms with van der Waals surface area (Å²) in [5.74, 6) is 1.42. The number of fused-ring (bicyclic) bond motifs is 1. The molecule has 120 valence electrons. The Kier molecular flexibility index (Phi) is 4.53. The van der Waals surface area contributed by atoms with Crippen molar-refractivity contribution in [2.75, 3.05) is 6.61 Å².